The van der Waals surface area contributed by atoms with E-state index in [4.69, 9.17) is 17.3 Å². The van der Waals surface area contributed by atoms with Crippen LogP contribution < -0.4 is 5.73 Å². The minimum Gasteiger partial charge on any atom is -0.390 e. The smallest absolute Gasteiger partial charge is 0.123 e. The summed E-state index contributed by atoms with van der Waals surface area (Å²) in [7, 11) is 0. The van der Waals surface area contributed by atoms with Gasteiger partial charge in [-0.2, -0.15) is 0 Å². The first-order valence-corrected chi connectivity index (χ1v) is 5.23. The number of nitrogen functional groups attached to an aromatic ring is 1. The van der Waals surface area contributed by atoms with E-state index in [2.05, 4.69) is 4.98 Å². The summed E-state index contributed by atoms with van der Waals surface area (Å²) in [5.74, 6) is 0.704. The van der Waals surface area contributed by atoms with Gasteiger partial charge in [0, 0.05) is 17.6 Å². The topological polar surface area (TPSA) is 79.4 Å². The second kappa shape index (κ2) is 5.30. The predicted molar refractivity (Wildman–Crippen MR) is 59.7 cm³/mol. The quantitative estimate of drug-likeness (QED) is 0.674. The Morgan fingerprint density at radius 3 is 2.73 bits per heavy atom. The second-order valence-corrected chi connectivity index (χ2v) is 3.83. The van der Waals surface area contributed by atoms with Crippen LogP contribution in [0.3, 0.4) is 0 Å². The van der Waals surface area contributed by atoms with Crippen LogP contribution in [0.1, 0.15) is 23.7 Å². The van der Waals surface area contributed by atoms with Crippen LogP contribution >= 0.6 is 11.6 Å². The Balaban J connectivity index is 2.86. The number of halogens is 1. The lowest BCUT2D eigenvalue weighted by Gasteiger charge is -2.18. The molecule has 0 radical (unpaired) electrons. The molecule has 0 spiro atoms. The third-order valence-corrected chi connectivity index (χ3v) is 2.48. The number of anilines is 1. The molecule has 0 aliphatic carbocycles. The summed E-state index contributed by atoms with van der Waals surface area (Å²) < 4.78 is 0. The highest BCUT2D eigenvalue weighted by Gasteiger charge is 2.19. The lowest BCUT2D eigenvalue weighted by atomic mass is 10.0. The monoisotopic (exact) mass is 230 g/mol. The molecule has 2 atom stereocenters. The fourth-order valence-corrected chi connectivity index (χ4v) is 1.60. The van der Waals surface area contributed by atoms with Gasteiger partial charge in [0.15, 0.2) is 0 Å². The van der Waals surface area contributed by atoms with Crippen molar-refractivity contribution in [3.63, 3.8) is 0 Å². The Hall–Kier alpha value is -0.840. The van der Waals surface area contributed by atoms with Gasteiger partial charge in [0.05, 0.1) is 6.10 Å². The first-order chi connectivity index (χ1) is 7.06. The van der Waals surface area contributed by atoms with Crippen molar-refractivity contribution < 1.29 is 10.2 Å². The number of aliphatic hydroxyl groups excluding tert-OH is 2. The number of aryl methyl sites for hydroxylation is 1. The van der Waals surface area contributed by atoms with Crippen LogP contribution in [-0.4, -0.2) is 27.2 Å². The molecular weight excluding hydrogens is 216 g/mol. The molecule has 1 rings (SSSR count). The minimum absolute atomic E-state index is 0.305. The molecule has 0 saturated carbocycles. The lowest BCUT2D eigenvalue weighted by molar-refractivity contribution is 0.0164. The van der Waals surface area contributed by atoms with Crippen LogP contribution in [0.5, 0.6) is 0 Å². The van der Waals surface area contributed by atoms with Crippen molar-refractivity contribution in [3.05, 3.63) is 23.4 Å². The van der Waals surface area contributed by atoms with E-state index in [0.29, 0.717) is 23.7 Å². The number of alkyl halides is 1. The van der Waals surface area contributed by atoms with Gasteiger partial charge in [-0.25, -0.2) is 4.98 Å². The highest BCUT2D eigenvalue weighted by Crippen LogP contribution is 2.22. The molecule has 1 aromatic heterocycles. The van der Waals surface area contributed by atoms with Crippen molar-refractivity contribution in [3.8, 4) is 0 Å². The number of rotatable bonds is 4. The van der Waals surface area contributed by atoms with E-state index >= 15 is 0 Å². The normalized spacial score (nSPS) is 14.9. The highest BCUT2D eigenvalue weighted by molar-refractivity contribution is 6.17. The molecule has 1 aromatic rings. The first kappa shape index (κ1) is 12.2. The van der Waals surface area contributed by atoms with E-state index in [9.17, 15) is 10.2 Å². The van der Waals surface area contributed by atoms with Gasteiger partial charge in [-0.15, -0.1) is 11.6 Å². The summed E-state index contributed by atoms with van der Waals surface area (Å²) >= 11 is 5.49. The maximum atomic E-state index is 9.80. The van der Waals surface area contributed by atoms with Gasteiger partial charge in [-0.05, 0) is 25.0 Å². The Morgan fingerprint density at radius 2 is 2.20 bits per heavy atom. The van der Waals surface area contributed by atoms with Crippen LogP contribution in [0.15, 0.2) is 12.3 Å². The first-order valence-electron chi connectivity index (χ1n) is 4.70. The Kier molecular flexibility index (Phi) is 4.32. The van der Waals surface area contributed by atoms with E-state index in [0.717, 1.165) is 5.56 Å². The van der Waals surface area contributed by atoms with Crippen molar-refractivity contribution in [1.82, 2.24) is 4.98 Å². The van der Waals surface area contributed by atoms with Crippen LogP contribution in [-0.2, 0) is 0 Å². The summed E-state index contributed by atoms with van der Waals surface area (Å²) in [6, 6.07) is 1.66. The standard InChI is InChI=1S/C10H15ClN2O2/c1-6-4-9(12)13-5-7(6)10(15)8(14)2-3-11/h4-5,8,10,14-15H,2-3H2,1H3,(H2,12,13). The van der Waals surface area contributed by atoms with E-state index < -0.39 is 12.2 Å². The molecule has 5 heteroatoms. The van der Waals surface area contributed by atoms with E-state index in [1.807, 2.05) is 6.92 Å². The third-order valence-electron chi connectivity index (χ3n) is 2.26. The summed E-state index contributed by atoms with van der Waals surface area (Å²) in [5, 5.41) is 19.4. The van der Waals surface area contributed by atoms with Gasteiger partial charge in [-0.3, -0.25) is 0 Å². The fourth-order valence-electron chi connectivity index (χ4n) is 1.37. The summed E-state index contributed by atoms with van der Waals surface area (Å²) in [6.07, 6.45) is -0.0113. The fraction of sp³-hybridized carbons (Fsp3) is 0.500. The average Bonchev–Trinajstić information content (AvgIpc) is 2.17. The Morgan fingerprint density at radius 1 is 1.53 bits per heavy atom. The summed E-state index contributed by atoms with van der Waals surface area (Å²) in [6.45, 7) is 1.81. The van der Waals surface area contributed by atoms with Crippen molar-refractivity contribution >= 4 is 17.4 Å². The van der Waals surface area contributed by atoms with Crippen molar-refractivity contribution in [2.75, 3.05) is 11.6 Å². The summed E-state index contributed by atoms with van der Waals surface area (Å²) in [5.41, 5.74) is 6.88. The van der Waals surface area contributed by atoms with E-state index in [1.54, 1.807) is 6.07 Å². The molecule has 0 bridgehead atoms. The highest BCUT2D eigenvalue weighted by atomic mass is 35.5. The maximum Gasteiger partial charge on any atom is 0.123 e. The van der Waals surface area contributed by atoms with Crippen LogP contribution in [0.25, 0.3) is 0 Å². The van der Waals surface area contributed by atoms with Crippen LogP contribution in [0.4, 0.5) is 5.82 Å². The third kappa shape index (κ3) is 3.06. The van der Waals surface area contributed by atoms with Gasteiger partial charge in [-0.1, -0.05) is 0 Å². The molecule has 4 nitrogen and oxygen atoms in total. The molecule has 0 aromatic carbocycles. The SMILES string of the molecule is Cc1cc(N)ncc1C(O)C(O)CCCl. The van der Waals surface area contributed by atoms with E-state index in [1.165, 1.54) is 6.20 Å². The van der Waals surface area contributed by atoms with Crippen molar-refractivity contribution in [1.29, 1.82) is 0 Å². The van der Waals surface area contributed by atoms with Gasteiger partial charge in [0.2, 0.25) is 0 Å². The Bertz CT molecular complexity index is 333. The van der Waals surface area contributed by atoms with Gasteiger partial charge in [0.25, 0.3) is 0 Å². The average molecular weight is 231 g/mol. The number of aliphatic hydroxyl groups is 2. The second-order valence-electron chi connectivity index (χ2n) is 3.46. The Labute approximate surface area is 93.7 Å². The number of nitrogens with two attached hydrogens (primary N) is 1. The zero-order valence-corrected chi connectivity index (χ0v) is 9.28. The van der Waals surface area contributed by atoms with Crippen LogP contribution in [0.2, 0.25) is 0 Å². The number of aromatic nitrogens is 1. The number of nitrogens with zero attached hydrogens (tertiary/aromatic N) is 1. The molecule has 0 amide bonds. The van der Waals surface area contributed by atoms with Gasteiger partial charge < -0.3 is 15.9 Å². The molecule has 1 heterocycles. The number of hydrogen-bond donors (Lipinski definition) is 3. The van der Waals surface area contributed by atoms with Crippen molar-refractivity contribution in [2.45, 2.75) is 25.6 Å². The lowest BCUT2D eigenvalue weighted by Crippen LogP contribution is -2.19. The van der Waals surface area contributed by atoms with E-state index in [-0.39, 0.29) is 0 Å². The molecule has 4 N–H and O–H groups in total. The van der Waals surface area contributed by atoms with Gasteiger partial charge >= 0.3 is 0 Å². The number of hydrogen-bond acceptors (Lipinski definition) is 4. The van der Waals surface area contributed by atoms with Crippen molar-refractivity contribution in [2.24, 2.45) is 0 Å². The molecule has 84 valence electrons. The summed E-state index contributed by atoms with van der Waals surface area (Å²) in [4.78, 5) is 3.88. The molecule has 0 fully saturated rings. The molecule has 2 unspecified atom stereocenters. The molecule has 0 saturated heterocycles. The predicted octanol–water partition coefficient (Wildman–Crippen LogP) is 0.995. The zero-order valence-electron chi connectivity index (χ0n) is 8.52. The van der Waals surface area contributed by atoms with Crippen LogP contribution in [0, 0.1) is 6.92 Å². The molecule has 0 aliphatic heterocycles. The molecule has 15 heavy (non-hydrogen) atoms. The zero-order chi connectivity index (χ0) is 11.4. The largest absolute Gasteiger partial charge is 0.390 e. The molecule has 0 aliphatic rings. The minimum atomic E-state index is -0.961. The van der Waals surface area contributed by atoms with Gasteiger partial charge in [0.1, 0.15) is 11.9 Å². The maximum absolute atomic E-state index is 9.80. The molecular formula is C10H15ClN2O2. The number of pyridine rings is 1.